The topological polar surface area (TPSA) is 21.3 Å². The lowest BCUT2D eigenvalue weighted by atomic mass is 9.92. The summed E-state index contributed by atoms with van der Waals surface area (Å²) in [4.78, 5) is 0. The fourth-order valence-electron chi connectivity index (χ4n) is 2.89. The van der Waals surface area contributed by atoms with Crippen LogP contribution in [0.3, 0.4) is 0 Å². The average Bonchev–Trinajstić information content (AvgIpc) is 2.40. The van der Waals surface area contributed by atoms with Gasteiger partial charge in [-0.1, -0.05) is 23.7 Å². The Morgan fingerprint density at radius 3 is 2.24 bits per heavy atom. The van der Waals surface area contributed by atoms with E-state index in [-0.39, 0.29) is 6.04 Å². The van der Waals surface area contributed by atoms with Crippen LogP contribution in [0.25, 0.3) is 0 Å². The summed E-state index contributed by atoms with van der Waals surface area (Å²) in [5.74, 6) is 0.907. The minimum Gasteiger partial charge on any atom is -0.496 e. The fourth-order valence-corrected chi connectivity index (χ4v) is 3.19. The maximum Gasteiger partial charge on any atom is 0.124 e. The zero-order valence-electron chi connectivity index (χ0n) is 13.3. The van der Waals surface area contributed by atoms with E-state index in [0.717, 1.165) is 27.5 Å². The van der Waals surface area contributed by atoms with Crippen LogP contribution in [0.4, 0.5) is 0 Å². The van der Waals surface area contributed by atoms with Crippen molar-refractivity contribution in [1.29, 1.82) is 0 Å². The van der Waals surface area contributed by atoms with Crippen LogP contribution in [0, 0.1) is 20.8 Å². The Bertz CT molecular complexity index is 632. The molecule has 2 aromatic rings. The van der Waals surface area contributed by atoms with Crippen LogP contribution in [0.15, 0.2) is 30.3 Å². The number of hydrogen-bond donors (Lipinski definition) is 1. The molecule has 0 fully saturated rings. The first kappa shape index (κ1) is 15.9. The van der Waals surface area contributed by atoms with E-state index in [1.165, 1.54) is 11.1 Å². The van der Waals surface area contributed by atoms with Crippen molar-refractivity contribution in [2.24, 2.45) is 0 Å². The molecule has 0 heterocycles. The standard InChI is InChI=1S/C18H22ClNO/c1-11-6-13(3)17(16(9-11)21-5)18(20-4)14-7-12(2)8-15(19)10-14/h6-10,18,20H,1-5H3. The van der Waals surface area contributed by atoms with Crippen LogP contribution in [-0.4, -0.2) is 14.2 Å². The van der Waals surface area contributed by atoms with E-state index < -0.39 is 0 Å². The van der Waals surface area contributed by atoms with E-state index in [1.807, 2.05) is 19.2 Å². The molecule has 0 bridgehead atoms. The first-order chi connectivity index (χ1) is 9.96. The molecule has 0 spiro atoms. The van der Waals surface area contributed by atoms with Crippen LogP contribution < -0.4 is 10.1 Å². The van der Waals surface area contributed by atoms with Crippen LogP contribution in [0.1, 0.15) is 33.9 Å². The molecule has 0 radical (unpaired) electrons. The van der Waals surface area contributed by atoms with E-state index in [9.17, 15) is 0 Å². The Kier molecular flexibility index (Phi) is 4.92. The number of nitrogens with one attached hydrogen (secondary N) is 1. The molecule has 0 aliphatic rings. The molecule has 0 aliphatic carbocycles. The number of ether oxygens (including phenoxy) is 1. The third-order valence-electron chi connectivity index (χ3n) is 3.69. The summed E-state index contributed by atoms with van der Waals surface area (Å²) in [6, 6.07) is 10.4. The van der Waals surface area contributed by atoms with Crippen molar-refractivity contribution in [3.05, 3.63) is 63.2 Å². The average molecular weight is 304 g/mol. The Morgan fingerprint density at radius 1 is 1.00 bits per heavy atom. The predicted octanol–water partition coefficient (Wildman–Crippen LogP) is 4.58. The smallest absolute Gasteiger partial charge is 0.124 e. The molecule has 21 heavy (non-hydrogen) atoms. The minimum absolute atomic E-state index is 0.0537. The number of halogens is 1. The SMILES string of the molecule is CNC(c1cc(C)cc(Cl)c1)c1c(C)cc(C)cc1OC. The maximum atomic E-state index is 6.22. The first-order valence-corrected chi connectivity index (χ1v) is 7.43. The minimum atomic E-state index is 0.0537. The summed E-state index contributed by atoms with van der Waals surface area (Å²) in [5.41, 5.74) is 5.87. The van der Waals surface area contributed by atoms with Gasteiger partial charge in [-0.25, -0.2) is 0 Å². The molecular weight excluding hydrogens is 282 g/mol. The summed E-state index contributed by atoms with van der Waals surface area (Å²) in [6.07, 6.45) is 0. The third kappa shape index (κ3) is 3.39. The second kappa shape index (κ2) is 6.50. The molecule has 0 aromatic heterocycles. The molecule has 0 saturated carbocycles. The summed E-state index contributed by atoms with van der Waals surface area (Å²) in [6.45, 7) is 6.26. The Morgan fingerprint density at radius 2 is 1.67 bits per heavy atom. The second-order valence-corrected chi connectivity index (χ2v) is 5.92. The Hall–Kier alpha value is -1.51. The van der Waals surface area contributed by atoms with Gasteiger partial charge in [-0.2, -0.15) is 0 Å². The molecule has 0 amide bonds. The third-order valence-corrected chi connectivity index (χ3v) is 3.91. The molecule has 0 aliphatic heterocycles. The van der Waals surface area contributed by atoms with Gasteiger partial charge in [0.1, 0.15) is 5.75 Å². The lowest BCUT2D eigenvalue weighted by Crippen LogP contribution is -2.20. The molecule has 1 N–H and O–H groups in total. The van der Waals surface area contributed by atoms with E-state index in [4.69, 9.17) is 16.3 Å². The highest BCUT2D eigenvalue weighted by Crippen LogP contribution is 2.34. The number of aryl methyl sites for hydroxylation is 3. The fraction of sp³-hybridized carbons (Fsp3) is 0.333. The van der Waals surface area contributed by atoms with Crippen molar-refractivity contribution in [3.63, 3.8) is 0 Å². The number of benzene rings is 2. The Balaban J connectivity index is 2.61. The highest BCUT2D eigenvalue weighted by Gasteiger charge is 2.20. The summed E-state index contributed by atoms with van der Waals surface area (Å²) in [7, 11) is 3.67. The van der Waals surface area contributed by atoms with E-state index in [1.54, 1.807) is 7.11 Å². The number of methoxy groups -OCH3 is 1. The summed E-state index contributed by atoms with van der Waals surface area (Å²) < 4.78 is 5.60. The van der Waals surface area contributed by atoms with Gasteiger partial charge in [0.25, 0.3) is 0 Å². The van der Waals surface area contributed by atoms with Crippen LogP contribution in [0.5, 0.6) is 5.75 Å². The monoisotopic (exact) mass is 303 g/mol. The van der Waals surface area contributed by atoms with Crippen molar-refractivity contribution in [1.82, 2.24) is 5.32 Å². The van der Waals surface area contributed by atoms with Gasteiger partial charge >= 0.3 is 0 Å². The van der Waals surface area contributed by atoms with Gasteiger partial charge in [-0.3, -0.25) is 0 Å². The van der Waals surface area contributed by atoms with Crippen molar-refractivity contribution < 1.29 is 4.74 Å². The number of rotatable bonds is 4. The zero-order chi connectivity index (χ0) is 15.6. The number of hydrogen-bond acceptors (Lipinski definition) is 2. The molecule has 2 aromatic carbocycles. The normalized spacial score (nSPS) is 12.3. The molecule has 2 rings (SSSR count). The van der Waals surface area contributed by atoms with E-state index in [0.29, 0.717) is 0 Å². The largest absolute Gasteiger partial charge is 0.496 e. The highest BCUT2D eigenvalue weighted by molar-refractivity contribution is 6.30. The Labute approximate surface area is 132 Å². The van der Waals surface area contributed by atoms with E-state index >= 15 is 0 Å². The predicted molar refractivity (Wildman–Crippen MR) is 89.6 cm³/mol. The lowest BCUT2D eigenvalue weighted by molar-refractivity contribution is 0.404. The van der Waals surface area contributed by atoms with Crippen molar-refractivity contribution >= 4 is 11.6 Å². The molecule has 3 heteroatoms. The molecule has 1 unspecified atom stereocenters. The van der Waals surface area contributed by atoms with Crippen LogP contribution >= 0.6 is 11.6 Å². The van der Waals surface area contributed by atoms with Gasteiger partial charge < -0.3 is 10.1 Å². The van der Waals surface area contributed by atoms with Gasteiger partial charge in [0, 0.05) is 10.6 Å². The second-order valence-electron chi connectivity index (χ2n) is 5.48. The van der Waals surface area contributed by atoms with Gasteiger partial charge in [0.15, 0.2) is 0 Å². The lowest BCUT2D eigenvalue weighted by Gasteiger charge is -2.23. The quantitative estimate of drug-likeness (QED) is 0.892. The van der Waals surface area contributed by atoms with Crippen molar-refractivity contribution in [2.75, 3.05) is 14.2 Å². The van der Waals surface area contributed by atoms with Gasteiger partial charge in [-0.05, 0) is 68.3 Å². The van der Waals surface area contributed by atoms with Crippen LogP contribution in [-0.2, 0) is 0 Å². The summed E-state index contributed by atoms with van der Waals surface area (Å²) >= 11 is 6.22. The highest BCUT2D eigenvalue weighted by atomic mass is 35.5. The zero-order valence-corrected chi connectivity index (χ0v) is 14.0. The molecule has 2 nitrogen and oxygen atoms in total. The van der Waals surface area contributed by atoms with Crippen molar-refractivity contribution in [3.8, 4) is 5.75 Å². The molecule has 1 atom stereocenters. The van der Waals surface area contributed by atoms with E-state index in [2.05, 4.69) is 44.3 Å². The van der Waals surface area contributed by atoms with Gasteiger partial charge in [-0.15, -0.1) is 0 Å². The first-order valence-electron chi connectivity index (χ1n) is 7.05. The molecule has 112 valence electrons. The maximum absolute atomic E-state index is 6.22. The van der Waals surface area contributed by atoms with Gasteiger partial charge in [0.05, 0.1) is 13.2 Å². The van der Waals surface area contributed by atoms with Crippen molar-refractivity contribution in [2.45, 2.75) is 26.8 Å². The molecule has 0 saturated heterocycles. The van der Waals surface area contributed by atoms with Gasteiger partial charge in [0.2, 0.25) is 0 Å². The van der Waals surface area contributed by atoms with Crippen LogP contribution in [0.2, 0.25) is 5.02 Å². The summed E-state index contributed by atoms with van der Waals surface area (Å²) in [5, 5.41) is 4.14. The molecular formula is C18H22ClNO.